The minimum atomic E-state index is -0.845. The van der Waals surface area contributed by atoms with Crippen molar-refractivity contribution in [1.82, 2.24) is 9.88 Å². The van der Waals surface area contributed by atoms with Crippen molar-refractivity contribution in [2.75, 3.05) is 18.5 Å². The molecule has 2 amide bonds. The number of hydrogen-bond donors (Lipinski definition) is 2. The molecule has 0 saturated carbocycles. The highest BCUT2D eigenvalue weighted by Crippen LogP contribution is 2.35. The molecule has 2 atom stereocenters. The van der Waals surface area contributed by atoms with Crippen LogP contribution in [0.4, 0.5) is 14.9 Å². The highest BCUT2D eigenvalue weighted by molar-refractivity contribution is 6.00. The second-order valence-electron chi connectivity index (χ2n) is 9.76. The number of ether oxygens (including phenoxy) is 2. The number of hydrogen-bond acceptors (Lipinski definition) is 5. The summed E-state index contributed by atoms with van der Waals surface area (Å²) < 4.78 is 24.1. The molecule has 0 radical (unpaired) electrons. The van der Waals surface area contributed by atoms with Crippen molar-refractivity contribution in [3.05, 3.63) is 65.6 Å². The summed E-state index contributed by atoms with van der Waals surface area (Å²) in [6.07, 6.45) is -0.0460. The number of anilines is 1. The number of aromatic nitrogens is 1. The highest BCUT2D eigenvalue weighted by atomic mass is 19.1. The van der Waals surface area contributed by atoms with Crippen LogP contribution in [0.5, 0.6) is 0 Å². The van der Waals surface area contributed by atoms with Crippen LogP contribution < -0.4 is 5.32 Å². The lowest BCUT2D eigenvalue weighted by Crippen LogP contribution is -2.47. The van der Waals surface area contributed by atoms with Crippen molar-refractivity contribution < 1.29 is 28.2 Å². The van der Waals surface area contributed by atoms with Crippen molar-refractivity contribution in [1.29, 1.82) is 0 Å². The first-order valence-corrected chi connectivity index (χ1v) is 11.9. The molecular formula is C27H30FN3O5. The minimum Gasteiger partial charge on any atom is -0.461 e. The molecule has 4 rings (SSSR count). The van der Waals surface area contributed by atoms with Gasteiger partial charge < -0.3 is 19.8 Å². The van der Waals surface area contributed by atoms with Crippen LogP contribution in [0.1, 0.15) is 56.1 Å². The van der Waals surface area contributed by atoms with E-state index in [4.69, 9.17) is 9.47 Å². The van der Waals surface area contributed by atoms with Gasteiger partial charge in [-0.15, -0.1) is 0 Å². The topological polar surface area (TPSA) is 101 Å². The third-order valence-corrected chi connectivity index (χ3v) is 5.98. The average molecular weight is 496 g/mol. The molecule has 0 unspecified atom stereocenters. The van der Waals surface area contributed by atoms with E-state index in [1.807, 2.05) is 0 Å². The number of carbonyl (C=O) groups is 3. The highest BCUT2D eigenvalue weighted by Gasteiger charge is 2.44. The third-order valence-electron chi connectivity index (χ3n) is 5.98. The summed E-state index contributed by atoms with van der Waals surface area (Å²) in [5.41, 5.74) is 1.59. The molecule has 0 spiro atoms. The van der Waals surface area contributed by atoms with Gasteiger partial charge in [0.05, 0.1) is 6.61 Å². The van der Waals surface area contributed by atoms with Crippen LogP contribution in [-0.2, 0) is 14.3 Å². The van der Waals surface area contributed by atoms with Gasteiger partial charge in [-0.05, 0) is 76.1 Å². The molecule has 36 heavy (non-hydrogen) atoms. The SMILES string of the molecule is CCOC(=O)c1cc2cc(NC(=O)[C@@H]3[C@@H](c4ccc(F)cc4)CCN3C(=O)OC(C)(C)C)ccc2[nH]1. The number of nitrogens with zero attached hydrogens (tertiary/aromatic N) is 1. The third kappa shape index (κ3) is 5.50. The zero-order valence-electron chi connectivity index (χ0n) is 20.8. The fourth-order valence-corrected chi connectivity index (χ4v) is 4.45. The number of benzene rings is 2. The molecule has 2 aromatic carbocycles. The summed E-state index contributed by atoms with van der Waals surface area (Å²) in [5.74, 6) is -1.54. The summed E-state index contributed by atoms with van der Waals surface area (Å²) in [7, 11) is 0. The standard InChI is InChI=1S/C27H30FN3O5/c1-5-35-25(33)22-15-17-14-19(10-11-21(17)30-22)29-24(32)23-20(16-6-8-18(28)9-7-16)12-13-31(23)26(34)36-27(2,3)4/h6-11,14-15,20,23,30H,5,12-13H2,1-4H3,(H,29,32)/t20-,23+/m1/s1. The van der Waals surface area contributed by atoms with Gasteiger partial charge in [-0.2, -0.15) is 0 Å². The number of H-pyrrole nitrogens is 1. The molecule has 1 fully saturated rings. The molecule has 9 heteroatoms. The number of likely N-dealkylation sites (tertiary alicyclic amines) is 1. The van der Waals surface area contributed by atoms with E-state index in [0.717, 1.165) is 16.5 Å². The second kappa shape index (κ2) is 10.0. The number of rotatable bonds is 5. The number of amides is 2. The van der Waals surface area contributed by atoms with Gasteiger partial charge in [-0.25, -0.2) is 14.0 Å². The number of nitrogens with one attached hydrogen (secondary N) is 2. The Hall–Kier alpha value is -3.88. The van der Waals surface area contributed by atoms with E-state index in [1.54, 1.807) is 64.1 Å². The van der Waals surface area contributed by atoms with E-state index < -0.39 is 23.7 Å². The maximum Gasteiger partial charge on any atom is 0.410 e. The van der Waals surface area contributed by atoms with Gasteiger partial charge >= 0.3 is 12.1 Å². The van der Waals surface area contributed by atoms with Gasteiger partial charge in [0, 0.05) is 29.1 Å². The molecule has 3 aromatic rings. The first-order valence-electron chi connectivity index (χ1n) is 11.9. The summed E-state index contributed by atoms with van der Waals surface area (Å²) in [6, 6.07) is 12.0. The van der Waals surface area contributed by atoms with Crippen LogP contribution in [0, 0.1) is 5.82 Å². The first kappa shape index (κ1) is 25.2. The molecule has 0 bridgehead atoms. The molecular weight excluding hydrogens is 465 g/mol. The molecule has 2 N–H and O–H groups in total. The molecule has 1 aliphatic heterocycles. The number of halogens is 1. The summed E-state index contributed by atoms with van der Waals surface area (Å²) in [5, 5.41) is 3.63. The van der Waals surface area contributed by atoms with Crippen LogP contribution in [0.2, 0.25) is 0 Å². The fraction of sp³-hybridized carbons (Fsp3) is 0.370. The number of fused-ring (bicyclic) bond motifs is 1. The van der Waals surface area contributed by atoms with Gasteiger partial charge in [0.25, 0.3) is 0 Å². The Bertz CT molecular complexity index is 1280. The molecule has 1 saturated heterocycles. The van der Waals surface area contributed by atoms with Gasteiger partial charge in [0.2, 0.25) is 5.91 Å². The van der Waals surface area contributed by atoms with Gasteiger partial charge in [0.15, 0.2) is 0 Å². The minimum absolute atomic E-state index is 0.264. The lowest BCUT2D eigenvalue weighted by molar-refractivity contribution is -0.120. The summed E-state index contributed by atoms with van der Waals surface area (Å²) in [6.45, 7) is 7.63. The maximum atomic E-state index is 13.6. The zero-order valence-corrected chi connectivity index (χ0v) is 20.8. The van der Waals surface area contributed by atoms with E-state index in [9.17, 15) is 18.8 Å². The van der Waals surface area contributed by atoms with E-state index >= 15 is 0 Å². The number of carbonyl (C=O) groups excluding carboxylic acids is 3. The van der Waals surface area contributed by atoms with E-state index in [2.05, 4.69) is 10.3 Å². The monoisotopic (exact) mass is 495 g/mol. The number of esters is 1. The van der Waals surface area contributed by atoms with Crippen LogP contribution in [0.25, 0.3) is 10.9 Å². The van der Waals surface area contributed by atoms with Crippen LogP contribution >= 0.6 is 0 Å². The van der Waals surface area contributed by atoms with Gasteiger partial charge in [-0.3, -0.25) is 9.69 Å². The Kier molecular flexibility index (Phi) is 7.01. The molecule has 2 heterocycles. The Morgan fingerprint density at radius 2 is 1.83 bits per heavy atom. The molecule has 1 aromatic heterocycles. The van der Waals surface area contributed by atoms with Gasteiger partial charge in [-0.1, -0.05) is 12.1 Å². The van der Waals surface area contributed by atoms with E-state index in [-0.39, 0.29) is 24.2 Å². The molecule has 8 nitrogen and oxygen atoms in total. The second-order valence-corrected chi connectivity index (χ2v) is 9.76. The van der Waals surface area contributed by atoms with Crippen molar-refractivity contribution in [3.8, 4) is 0 Å². The largest absolute Gasteiger partial charge is 0.461 e. The Morgan fingerprint density at radius 1 is 1.11 bits per heavy atom. The Labute approximate surface area is 208 Å². The molecule has 190 valence electrons. The number of aromatic amines is 1. The van der Waals surface area contributed by atoms with Crippen LogP contribution in [0.3, 0.4) is 0 Å². The Balaban J connectivity index is 1.60. The first-order chi connectivity index (χ1) is 17.1. The normalized spacial score (nSPS) is 17.8. The average Bonchev–Trinajstić information content (AvgIpc) is 3.43. The zero-order chi connectivity index (χ0) is 26.0. The van der Waals surface area contributed by atoms with Gasteiger partial charge in [0.1, 0.15) is 23.2 Å². The van der Waals surface area contributed by atoms with E-state index in [1.165, 1.54) is 17.0 Å². The van der Waals surface area contributed by atoms with Crippen molar-refractivity contribution in [2.24, 2.45) is 0 Å². The lowest BCUT2D eigenvalue weighted by Gasteiger charge is -2.30. The van der Waals surface area contributed by atoms with Crippen LogP contribution in [0.15, 0.2) is 48.5 Å². The Morgan fingerprint density at radius 3 is 2.50 bits per heavy atom. The summed E-state index contributed by atoms with van der Waals surface area (Å²) >= 11 is 0. The molecule has 1 aliphatic rings. The van der Waals surface area contributed by atoms with E-state index in [0.29, 0.717) is 24.3 Å². The van der Waals surface area contributed by atoms with Crippen LogP contribution in [-0.4, -0.2) is 52.6 Å². The fourth-order valence-electron chi connectivity index (χ4n) is 4.45. The summed E-state index contributed by atoms with van der Waals surface area (Å²) in [4.78, 5) is 43.0. The quantitative estimate of drug-likeness (QED) is 0.473. The predicted octanol–water partition coefficient (Wildman–Crippen LogP) is 5.22. The molecule has 0 aliphatic carbocycles. The lowest BCUT2D eigenvalue weighted by atomic mass is 9.91. The maximum absolute atomic E-state index is 13.6. The van der Waals surface area contributed by atoms with Crippen molar-refractivity contribution >= 4 is 34.6 Å². The smallest absolute Gasteiger partial charge is 0.410 e. The van der Waals surface area contributed by atoms with Crippen molar-refractivity contribution in [2.45, 2.75) is 51.7 Å². The van der Waals surface area contributed by atoms with Crippen molar-refractivity contribution in [3.63, 3.8) is 0 Å². The predicted molar refractivity (Wildman–Crippen MR) is 133 cm³/mol.